The topological polar surface area (TPSA) is 107 Å². The van der Waals surface area contributed by atoms with Gasteiger partial charge in [-0.2, -0.15) is 0 Å². The number of hydrogen-bond acceptors (Lipinski definition) is 5. The molecule has 0 aromatic carbocycles. The van der Waals surface area contributed by atoms with Crippen LogP contribution in [0, 0.1) is 0 Å². The molecule has 0 saturated carbocycles. The van der Waals surface area contributed by atoms with E-state index in [1.807, 2.05) is 6.92 Å². The Kier molecular flexibility index (Phi) is 10.2. The van der Waals surface area contributed by atoms with Gasteiger partial charge in [-0.15, -0.1) is 0 Å². The molecule has 1 rings (SSSR count). The van der Waals surface area contributed by atoms with Crippen LogP contribution >= 0.6 is 0 Å². The number of ether oxygens (including phenoxy) is 1. The van der Waals surface area contributed by atoms with Crippen molar-refractivity contribution in [1.82, 2.24) is 0 Å². The first-order chi connectivity index (χ1) is 11.4. The molecule has 0 unspecified atom stereocenters. The molecule has 0 aromatic heterocycles. The average molecular weight is 344 g/mol. The van der Waals surface area contributed by atoms with Crippen LogP contribution in [0.4, 0.5) is 0 Å². The molecule has 1 aliphatic rings. The number of hydrogen-bond donors (Lipinski definition) is 4. The minimum atomic E-state index is -0.818. The number of aliphatic carboxylic acids is 1. The van der Waals surface area contributed by atoms with Crippen LogP contribution in [-0.4, -0.2) is 56.9 Å². The fourth-order valence-electron chi connectivity index (χ4n) is 2.97. The summed E-state index contributed by atoms with van der Waals surface area (Å²) in [5.41, 5.74) is 0. The molecule has 1 aliphatic heterocycles. The lowest BCUT2D eigenvalue weighted by Crippen LogP contribution is -2.24. The predicted octanol–water partition coefficient (Wildman–Crippen LogP) is 2.01. The second kappa shape index (κ2) is 11.6. The van der Waals surface area contributed by atoms with Crippen LogP contribution in [0.3, 0.4) is 0 Å². The summed E-state index contributed by atoms with van der Waals surface area (Å²) in [6.07, 6.45) is 6.92. The minimum absolute atomic E-state index is 0.218. The van der Waals surface area contributed by atoms with Crippen LogP contribution in [0.15, 0.2) is 12.2 Å². The van der Waals surface area contributed by atoms with E-state index in [-0.39, 0.29) is 12.5 Å². The zero-order valence-electron chi connectivity index (χ0n) is 14.5. The fourth-order valence-corrected chi connectivity index (χ4v) is 2.97. The fraction of sp³-hybridized carbons (Fsp3) is 0.833. The molecular formula is C18H32O6. The lowest BCUT2D eigenvalue weighted by Gasteiger charge is -2.16. The third kappa shape index (κ3) is 8.24. The highest BCUT2D eigenvalue weighted by atomic mass is 16.5. The van der Waals surface area contributed by atoms with Crippen LogP contribution < -0.4 is 0 Å². The van der Waals surface area contributed by atoms with E-state index in [1.165, 1.54) is 0 Å². The van der Waals surface area contributed by atoms with E-state index in [1.54, 1.807) is 12.2 Å². The first-order valence-electron chi connectivity index (χ1n) is 9.03. The van der Waals surface area contributed by atoms with Crippen molar-refractivity contribution in [2.45, 2.75) is 95.2 Å². The number of aliphatic hydroxyl groups excluding tert-OH is 3. The second-order valence-corrected chi connectivity index (χ2v) is 6.57. The standard InChI is InChI=1S/C18H32O6/c1-2-16-15(21)12-17(24-16)14(20)11-10-13(19)8-6-4-3-5-7-9-18(22)23/h10-11,13-17,19-21H,2-9,12H2,1H3,(H,22,23)/b11-10+/t13-,14-,15-,16-,17-/m0/s1. The monoisotopic (exact) mass is 344 g/mol. The van der Waals surface area contributed by atoms with Gasteiger partial charge in [-0.05, 0) is 19.3 Å². The van der Waals surface area contributed by atoms with Crippen LogP contribution in [-0.2, 0) is 9.53 Å². The molecular weight excluding hydrogens is 312 g/mol. The highest BCUT2D eigenvalue weighted by Crippen LogP contribution is 2.25. The molecule has 1 saturated heterocycles. The molecule has 6 heteroatoms. The predicted molar refractivity (Wildman–Crippen MR) is 90.7 cm³/mol. The molecule has 0 radical (unpaired) electrons. The maximum atomic E-state index is 10.4. The maximum Gasteiger partial charge on any atom is 0.303 e. The smallest absolute Gasteiger partial charge is 0.303 e. The summed E-state index contributed by atoms with van der Waals surface area (Å²) < 4.78 is 5.60. The van der Waals surface area contributed by atoms with Gasteiger partial charge < -0.3 is 25.2 Å². The Bertz CT molecular complexity index is 384. The molecule has 0 aromatic rings. The summed E-state index contributed by atoms with van der Waals surface area (Å²) in [6, 6.07) is 0. The Morgan fingerprint density at radius 2 is 1.83 bits per heavy atom. The third-order valence-electron chi connectivity index (χ3n) is 4.46. The summed E-state index contributed by atoms with van der Waals surface area (Å²) in [5.74, 6) is -0.752. The van der Waals surface area contributed by atoms with Gasteiger partial charge in [0.2, 0.25) is 0 Å². The summed E-state index contributed by atoms with van der Waals surface area (Å²) in [4.78, 5) is 10.4. The molecule has 6 nitrogen and oxygen atoms in total. The highest BCUT2D eigenvalue weighted by Gasteiger charge is 2.35. The summed E-state index contributed by atoms with van der Waals surface area (Å²) in [6.45, 7) is 1.93. The Hall–Kier alpha value is -0.950. The van der Waals surface area contributed by atoms with Crippen molar-refractivity contribution < 1.29 is 30.0 Å². The zero-order chi connectivity index (χ0) is 17.9. The van der Waals surface area contributed by atoms with E-state index in [0.29, 0.717) is 25.7 Å². The molecule has 1 heterocycles. The number of carbonyl (C=O) groups is 1. The Labute approximate surface area is 144 Å². The van der Waals surface area contributed by atoms with Crippen molar-refractivity contribution >= 4 is 5.97 Å². The van der Waals surface area contributed by atoms with Crippen molar-refractivity contribution in [2.75, 3.05) is 0 Å². The van der Waals surface area contributed by atoms with Gasteiger partial charge in [-0.3, -0.25) is 4.79 Å². The van der Waals surface area contributed by atoms with E-state index in [4.69, 9.17) is 9.84 Å². The molecule has 0 amide bonds. The maximum absolute atomic E-state index is 10.4. The van der Waals surface area contributed by atoms with Crippen LogP contribution in [0.25, 0.3) is 0 Å². The summed E-state index contributed by atoms with van der Waals surface area (Å²) in [5, 5.41) is 38.3. The van der Waals surface area contributed by atoms with E-state index < -0.39 is 30.4 Å². The van der Waals surface area contributed by atoms with Crippen LogP contribution in [0.1, 0.15) is 64.7 Å². The van der Waals surface area contributed by atoms with Gasteiger partial charge in [0.25, 0.3) is 0 Å². The zero-order valence-corrected chi connectivity index (χ0v) is 14.5. The van der Waals surface area contributed by atoms with Crippen molar-refractivity contribution in [2.24, 2.45) is 0 Å². The number of rotatable bonds is 12. The molecule has 0 bridgehead atoms. The molecule has 24 heavy (non-hydrogen) atoms. The van der Waals surface area contributed by atoms with Crippen molar-refractivity contribution in [3.63, 3.8) is 0 Å². The largest absolute Gasteiger partial charge is 0.481 e. The lowest BCUT2D eigenvalue weighted by atomic mass is 10.0. The van der Waals surface area contributed by atoms with Gasteiger partial charge in [-0.1, -0.05) is 44.8 Å². The molecule has 0 spiro atoms. The summed E-state index contributed by atoms with van der Waals surface area (Å²) in [7, 11) is 0. The quantitative estimate of drug-likeness (QED) is 0.319. The third-order valence-corrected chi connectivity index (χ3v) is 4.46. The molecule has 4 N–H and O–H groups in total. The minimum Gasteiger partial charge on any atom is -0.481 e. The molecule has 1 fully saturated rings. The van der Waals surface area contributed by atoms with E-state index >= 15 is 0 Å². The van der Waals surface area contributed by atoms with E-state index in [2.05, 4.69) is 0 Å². The first kappa shape index (κ1) is 21.1. The Morgan fingerprint density at radius 3 is 2.46 bits per heavy atom. The molecule has 140 valence electrons. The van der Waals surface area contributed by atoms with E-state index in [0.717, 1.165) is 25.7 Å². The number of carboxylic acids is 1. The van der Waals surface area contributed by atoms with Gasteiger partial charge in [0.15, 0.2) is 0 Å². The van der Waals surface area contributed by atoms with Gasteiger partial charge in [0.05, 0.1) is 30.5 Å². The number of aliphatic hydroxyl groups is 3. The lowest BCUT2D eigenvalue weighted by molar-refractivity contribution is -0.137. The second-order valence-electron chi connectivity index (χ2n) is 6.57. The van der Waals surface area contributed by atoms with Crippen molar-refractivity contribution in [1.29, 1.82) is 0 Å². The van der Waals surface area contributed by atoms with Crippen molar-refractivity contribution in [3.05, 3.63) is 12.2 Å². The Balaban J connectivity index is 2.12. The van der Waals surface area contributed by atoms with E-state index in [9.17, 15) is 20.1 Å². The molecule has 0 aliphatic carbocycles. The van der Waals surface area contributed by atoms with Crippen LogP contribution in [0.5, 0.6) is 0 Å². The van der Waals surface area contributed by atoms with Crippen LogP contribution in [0.2, 0.25) is 0 Å². The average Bonchev–Trinajstić information content (AvgIpc) is 2.92. The summed E-state index contributed by atoms with van der Waals surface area (Å²) >= 11 is 0. The first-order valence-corrected chi connectivity index (χ1v) is 9.03. The van der Waals surface area contributed by atoms with Crippen molar-refractivity contribution in [3.8, 4) is 0 Å². The number of carboxylic acid groups (broad SMARTS) is 1. The SMILES string of the molecule is CC[C@@H]1O[C@H]([C@@H](O)/C=C/[C@@H](O)CCCCCCCC(=O)O)C[C@@H]1O. The Morgan fingerprint density at radius 1 is 1.17 bits per heavy atom. The van der Waals surface area contributed by atoms with Gasteiger partial charge in [0, 0.05) is 12.8 Å². The van der Waals surface area contributed by atoms with Gasteiger partial charge >= 0.3 is 5.97 Å². The number of unbranched alkanes of at least 4 members (excludes halogenated alkanes) is 4. The molecule has 5 atom stereocenters. The highest BCUT2D eigenvalue weighted by molar-refractivity contribution is 5.66. The van der Waals surface area contributed by atoms with Gasteiger partial charge in [0.1, 0.15) is 0 Å². The normalized spacial score (nSPS) is 26.8. The van der Waals surface area contributed by atoms with Gasteiger partial charge in [-0.25, -0.2) is 0 Å².